The quantitative estimate of drug-likeness (QED) is 0.486. The van der Waals surface area contributed by atoms with Crippen LogP contribution in [0.2, 0.25) is 0 Å². The molecule has 4 aromatic rings. The van der Waals surface area contributed by atoms with Gasteiger partial charge >= 0.3 is 0 Å². The summed E-state index contributed by atoms with van der Waals surface area (Å²) in [5.41, 5.74) is 1.70. The second-order valence-corrected chi connectivity index (χ2v) is 8.27. The molecule has 1 aromatic carbocycles. The molecule has 1 amide bonds. The number of methoxy groups -OCH3 is 1. The molecule has 0 aliphatic carbocycles. The van der Waals surface area contributed by atoms with Gasteiger partial charge in [-0.05, 0) is 29.1 Å². The van der Waals surface area contributed by atoms with Crippen molar-refractivity contribution in [3.8, 4) is 15.6 Å². The smallest absolute Gasteiger partial charge is 0.226 e. The topological polar surface area (TPSA) is 69.0 Å². The lowest BCUT2D eigenvalue weighted by Gasteiger charge is -2.19. The third kappa shape index (κ3) is 4.38. The van der Waals surface area contributed by atoms with Crippen molar-refractivity contribution in [2.75, 3.05) is 7.11 Å². The molecule has 4 rings (SSSR count). The van der Waals surface area contributed by atoms with E-state index in [1.165, 1.54) is 0 Å². The van der Waals surface area contributed by atoms with Crippen LogP contribution in [-0.4, -0.2) is 27.6 Å². The maximum atomic E-state index is 12.8. The normalized spacial score (nSPS) is 11.9. The first kappa shape index (κ1) is 19.4. The number of imidazole rings is 1. The van der Waals surface area contributed by atoms with E-state index in [2.05, 4.69) is 15.3 Å². The zero-order chi connectivity index (χ0) is 20.2. The van der Waals surface area contributed by atoms with E-state index >= 15 is 0 Å². The van der Waals surface area contributed by atoms with Crippen molar-refractivity contribution in [2.24, 2.45) is 7.05 Å². The van der Waals surface area contributed by atoms with Gasteiger partial charge in [-0.25, -0.2) is 9.97 Å². The molecule has 1 atom stereocenters. The summed E-state index contributed by atoms with van der Waals surface area (Å²) in [4.78, 5) is 23.0. The maximum Gasteiger partial charge on any atom is 0.226 e. The molecule has 0 unspecified atom stereocenters. The largest absolute Gasteiger partial charge is 0.497 e. The Bertz CT molecular complexity index is 1080. The molecule has 3 aromatic heterocycles. The lowest BCUT2D eigenvalue weighted by Crippen LogP contribution is -2.32. The number of aryl methyl sites for hydroxylation is 1. The molecule has 1 N–H and O–H groups in total. The molecule has 0 saturated heterocycles. The number of benzene rings is 1. The van der Waals surface area contributed by atoms with Crippen LogP contribution in [0.15, 0.2) is 59.6 Å². The average Bonchev–Trinajstić information content (AvgIpc) is 3.48. The molecule has 0 saturated carbocycles. The number of hydrogen-bond acceptors (Lipinski definition) is 6. The van der Waals surface area contributed by atoms with Crippen molar-refractivity contribution in [1.29, 1.82) is 0 Å². The predicted molar refractivity (Wildman–Crippen MR) is 115 cm³/mol. The van der Waals surface area contributed by atoms with Crippen molar-refractivity contribution in [3.63, 3.8) is 0 Å². The van der Waals surface area contributed by atoms with Crippen molar-refractivity contribution in [3.05, 3.63) is 76.6 Å². The Balaban J connectivity index is 1.52. The Hall–Kier alpha value is -2.97. The molecule has 6 nitrogen and oxygen atoms in total. The van der Waals surface area contributed by atoms with Crippen LogP contribution >= 0.6 is 22.7 Å². The Kier molecular flexibility index (Phi) is 5.73. The van der Waals surface area contributed by atoms with E-state index in [4.69, 9.17) is 4.74 Å². The molecule has 0 spiro atoms. The number of thiazole rings is 1. The SMILES string of the molecule is COc1ccc([C@@H](NC(=O)Cc2csc(-c3cccs3)n2)c2nccn2C)cc1. The van der Waals surface area contributed by atoms with Crippen LogP contribution in [0.25, 0.3) is 9.88 Å². The number of carbonyl (C=O) groups excluding carboxylic acids is 1. The summed E-state index contributed by atoms with van der Waals surface area (Å²) >= 11 is 3.20. The van der Waals surface area contributed by atoms with Crippen molar-refractivity contribution < 1.29 is 9.53 Å². The minimum absolute atomic E-state index is 0.100. The number of nitrogens with zero attached hydrogens (tertiary/aromatic N) is 3. The van der Waals surface area contributed by atoms with E-state index < -0.39 is 0 Å². The summed E-state index contributed by atoms with van der Waals surface area (Å²) < 4.78 is 7.15. The second kappa shape index (κ2) is 8.59. The number of nitrogens with one attached hydrogen (secondary N) is 1. The summed E-state index contributed by atoms with van der Waals surface area (Å²) in [6, 6.07) is 11.3. The number of ether oxygens (including phenoxy) is 1. The van der Waals surface area contributed by atoms with Gasteiger partial charge in [-0.15, -0.1) is 22.7 Å². The summed E-state index contributed by atoms with van der Waals surface area (Å²) in [5, 5.41) is 8.02. The van der Waals surface area contributed by atoms with Gasteiger partial charge in [-0.2, -0.15) is 0 Å². The molecule has 3 heterocycles. The number of amides is 1. The van der Waals surface area contributed by atoms with E-state index in [1.807, 2.05) is 65.0 Å². The first-order valence-electron chi connectivity index (χ1n) is 9.03. The lowest BCUT2D eigenvalue weighted by molar-refractivity contribution is -0.121. The molecular weight excluding hydrogens is 404 g/mol. The van der Waals surface area contributed by atoms with Gasteiger partial charge in [0.1, 0.15) is 22.6 Å². The van der Waals surface area contributed by atoms with Crippen LogP contribution in [0.5, 0.6) is 5.75 Å². The number of aromatic nitrogens is 3. The highest BCUT2D eigenvalue weighted by Gasteiger charge is 2.21. The Morgan fingerprint density at radius 3 is 2.72 bits per heavy atom. The van der Waals surface area contributed by atoms with E-state index in [-0.39, 0.29) is 18.4 Å². The first-order valence-corrected chi connectivity index (χ1v) is 10.8. The molecule has 29 heavy (non-hydrogen) atoms. The fourth-order valence-electron chi connectivity index (χ4n) is 3.03. The predicted octanol–water partition coefficient (Wildman–Crippen LogP) is 4.06. The van der Waals surface area contributed by atoms with Gasteiger partial charge in [0.25, 0.3) is 0 Å². The van der Waals surface area contributed by atoms with Gasteiger partial charge in [0.2, 0.25) is 5.91 Å². The fraction of sp³-hybridized carbons (Fsp3) is 0.190. The highest BCUT2D eigenvalue weighted by atomic mass is 32.1. The van der Waals surface area contributed by atoms with Crippen LogP contribution in [-0.2, 0) is 18.3 Å². The highest BCUT2D eigenvalue weighted by Crippen LogP contribution is 2.28. The molecule has 0 radical (unpaired) electrons. The molecule has 0 aliphatic heterocycles. The maximum absolute atomic E-state index is 12.8. The van der Waals surface area contributed by atoms with Crippen LogP contribution in [0, 0.1) is 0 Å². The summed E-state index contributed by atoms with van der Waals surface area (Å²) in [6.45, 7) is 0. The minimum Gasteiger partial charge on any atom is -0.497 e. The standard InChI is InChI=1S/C21H20N4O2S2/c1-25-10-9-22-20(25)19(14-5-7-16(27-2)8-6-14)24-18(26)12-15-13-29-21(23-15)17-4-3-11-28-17/h3-11,13,19H,12H2,1-2H3,(H,24,26)/t19-/m1/s1. The molecule has 0 bridgehead atoms. The first-order chi connectivity index (χ1) is 14.1. The van der Waals surface area contributed by atoms with E-state index in [9.17, 15) is 4.79 Å². The third-order valence-corrected chi connectivity index (χ3v) is 6.43. The van der Waals surface area contributed by atoms with Gasteiger partial charge < -0.3 is 14.6 Å². The van der Waals surface area contributed by atoms with Gasteiger partial charge in [0.05, 0.1) is 24.1 Å². The van der Waals surface area contributed by atoms with Gasteiger partial charge in [-0.3, -0.25) is 4.79 Å². The van der Waals surface area contributed by atoms with Crippen LogP contribution < -0.4 is 10.1 Å². The van der Waals surface area contributed by atoms with Crippen LogP contribution in [0.3, 0.4) is 0 Å². The zero-order valence-electron chi connectivity index (χ0n) is 16.0. The van der Waals surface area contributed by atoms with Crippen LogP contribution in [0.1, 0.15) is 23.1 Å². The van der Waals surface area contributed by atoms with Crippen molar-refractivity contribution in [2.45, 2.75) is 12.5 Å². The molecule has 0 fully saturated rings. The number of hydrogen-bond donors (Lipinski definition) is 1. The second-order valence-electron chi connectivity index (χ2n) is 6.47. The monoisotopic (exact) mass is 424 g/mol. The molecule has 8 heteroatoms. The molecule has 148 valence electrons. The van der Waals surface area contributed by atoms with Gasteiger partial charge in [-0.1, -0.05) is 18.2 Å². The number of carbonyl (C=O) groups is 1. The summed E-state index contributed by atoms with van der Waals surface area (Å²) in [6.07, 6.45) is 3.82. The summed E-state index contributed by atoms with van der Waals surface area (Å²) in [5.74, 6) is 1.43. The highest BCUT2D eigenvalue weighted by molar-refractivity contribution is 7.20. The van der Waals surface area contributed by atoms with E-state index in [0.717, 1.165) is 32.7 Å². The van der Waals surface area contributed by atoms with E-state index in [0.29, 0.717) is 0 Å². The minimum atomic E-state index is -0.358. The van der Waals surface area contributed by atoms with Gasteiger partial charge in [0, 0.05) is 24.8 Å². The number of rotatable bonds is 7. The molecule has 0 aliphatic rings. The Morgan fingerprint density at radius 2 is 2.07 bits per heavy atom. The Morgan fingerprint density at radius 1 is 1.24 bits per heavy atom. The van der Waals surface area contributed by atoms with Crippen molar-refractivity contribution >= 4 is 28.6 Å². The molecular formula is C21H20N4O2S2. The summed E-state index contributed by atoms with van der Waals surface area (Å²) in [7, 11) is 3.55. The zero-order valence-corrected chi connectivity index (χ0v) is 17.7. The number of thiophene rings is 1. The van der Waals surface area contributed by atoms with Gasteiger partial charge in [0.15, 0.2) is 0 Å². The van der Waals surface area contributed by atoms with Crippen LogP contribution in [0.4, 0.5) is 0 Å². The fourth-order valence-corrected chi connectivity index (χ4v) is 4.66. The Labute approximate surface area is 176 Å². The third-order valence-electron chi connectivity index (χ3n) is 4.50. The lowest BCUT2D eigenvalue weighted by atomic mass is 10.1. The van der Waals surface area contributed by atoms with Crippen molar-refractivity contribution in [1.82, 2.24) is 19.9 Å². The average molecular weight is 425 g/mol. The van der Waals surface area contributed by atoms with E-state index in [1.54, 1.807) is 36.0 Å².